The van der Waals surface area contributed by atoms with E-state index in [2.05, 4.69) is 5.32 Å². The quantitative estimate of drug-likeness (QED) is 0.668. The molecule has 2 heterocycles. The van der Waals surface area contributed by atoms with Crippen molar-refractivity contribution in [2.75, 3.05) is 19.8 Å². The van der Waals surface area contributed by atoms with Crippen molar-refractivity contribution in [1.82, 2.24) is 10.2 Å². The fraction of sp³-hybridized carbons (Fsp3) is 0.480. The van der Waals surface area contributed by atoms with Gasteiger partial charge in [0, 0.05) is 31.7 Å². The summed E-state index contributed by atoms with van der Waals surface area (Å²) in [6, 6.07) is 9.33. The Morgan fingerprint density at radius 1 is 1.03 bits per heavy atom. The minimum absolute atomic E-state index is 0.124. The van der Waals surface area contributed by atoms with Gasteiger partial charge in [-0.3, -0.25) is 9.69 Å². The zero-order valence-corrected chi connectivity index (χ0v) is 18.8. The fourth-order valence-corrected chi connectivity index (χ4v) is 4.69. The smallest absolute Gasteiger partial charge is 0.222 e. The van der Waals surface area contributed by atoms with E-state index in [1.165, 1.54) is 24.3 Å². The van der Waals surface area contributed by atoms with Gasteiger partial charge in [-0.2, -0.15) is 0 Å². The molecule has 2 saturated heterocycles. The molecule has 2 aromatic carbocycles. The first-order chi connectivity index (χ1) is 16.4. The van der Waals surface area contributed by atoms with Crippen molar-refractivity contribution in [3.8, 4) is 0 Å². The average Bonchev–Trinajstić information content (AvgIpc) is 2.76. The number of ether oxygens (including phenoxy) is 2. The van der Waals surface area contributed by atoms with Gasteiger partial charge in [-0.05, 0) is 48.2 Å². The predicted molar refractivity (Wildman–Crippen MR) is 118 cm³/mol. The molecule has 0 radical (unpaired) electrons. The number of aliphatic hydroxyl groups excluding tert-OH is 1. The number of halogens is 3. The Hall–Kier alpha value is -2.46. The van der Waals surface area contributed by atoms with Crippen LogP contribution in [0, 0.1) is 17.5 Å². The van der Waals surface area contributed by atoms with Crippen LogP contribution < -0.4 is 5.32 Å². The summed E-state index contributed by atoms with van der Waals surface area (Å²) >= 11 is 0. The highest BCUT2D eigenvalue weighted by Gasteiger charge is 2.38. The highest BCUT2D eigenvalue weighted by molar-refractivity contribution is 5.76. The Morgan fingerprint density at radius 2 is 1.79 bits per heavy atom. The Kier molecular flexibility index (Phi) is 8.20. The summed E-state index contributed by atoms with van der Waals surface area (Å²) in [5.74, 6) is -1.84. The molecule has 1 amide bonds. The van der Waals surface area contributed by atoms with Gasteiger partial charge in [-0.1, -0.05) is 12.1 Å². The lowest BCUT2D eigenvalue weighted by molar-refractivity contribution is -0.158. The molecule has 0 aliphatic carbocycles. The summed E-state index contributed by atoms with van der Waals surface area (Å²) in [6.45, 7) is 1.14. The first-order valence-corrected chi connectivity index (χ1v) is 11.5. The molecule has 2 N–H and O–H groups in total. The molecule has 0 saturated carbocycles. The maximum Gasteiger partial charge on any atom is 0.222 e. The third-order valence-corrected chi connectivity index (χ3v) is 6.19. The topological polar surface area (TPSA) is 71.0 Å². The van der Waals surface area contributed by atoms with Gasteiger partial charge in [-0.15, -0.1) is 0 Å². The first kappa shape index (κ1) is 24.7. The molecule has 0 bridgehead atoms. The molecule has 6 nitrogen and oxygen atoms in total. The highest BCUT2D eigenvalue weighted by atomic mass is 19.1. The number of hydrogen-bond acceptors (Lipinski definition) is 5. The van der Waals surface area contributed by atoms with Crippen LogP contribution in [0.4, 0.5) is 13.2 Å². The monoisotopic (exact) mass is 478 g/mol. The van der Waals surface area contributed by atoms with Gasteiger partial charge in [0.25, 0.3) is 0 Å². The Bertz CT molecular complexity index is 972. The zero-order chi connectivity index (χ0) is 24.1. The lowest BCUT2D eigenvalue weighted by Crippen LogP contribution is -2.55. The molecule has 2 aliphatic rings. The summed E-state index contributed by atoms with van der Waals surface area (Å²) in [5, 5.41) is 13.1. The molecular formula is C25H29F3N2O4. The average molecular weight is 479 g/mol. The van der Waals surface area contributed by atoms with E-state index in [9.17, 15) is 23.1 Å². The van der Waals surface area contributed by atoms with Crippen molar-refractivity contribution in [3.05, 3.63) is 71.0 Å². The van der Waals surface area contributed by atoms with E-state index in [1.807, 2.05) is 4.90 Å². The second-order valence-electron chi connectivity index (χ2n) is 8.95. The van der Waals surface area contributed by atoms with Gasteiger partial charge in [0.15, 0.2) is 0 Å². The van der Waals surface area contributed by atoms with E-state index in [0.29, 0.717) is 24.0 Å². The molecule has 2 aliphatic heterocycles. The van der Waals surface area contributed by atoms with E-state index in [0.717, 1.165) is 6.07 Å². The third-order valence-electron chi connectivity index (χ3n) is 6.19. The number of nitrogens with zero attached hydrogens (tertiary/aromatic N) is 1. The van der Waals surface area contributed by atoms with Gasteiger partial charge in [0.2, 0.25) is 5.91 Å². The number of hydrogen-bond donors (Lipinski definition) is 2. The molecule has 0 unspecified atom stereocenters. The number of carbonyl (C=O) groups excluding carboxylic acids is 1. The summed E-state index contributed by atoms with van der Waals surface area (Å²) in [6.07, 6.45) is 0.0662. The maximum absolute atomic E-state index is 13.7. The molecule has 9 heteroatoms. The molecule has 4 atom stereocenters. The maximum atomic E-state index is 13.7. The van der Waals surface area contributed by atoms with Crippen LogP contribution in [-0.2, 0) is 27.4 Å². The van der Waals surface area contributed by atoms with Gasteiger partial charge >= 0.3 is 0 Å². The second kappa shape index (κ2) is 11.3. The van der Waals surface area contributed by atoms with Crippen LogP contribution in [-0.4, -0.2) is 60.0 Å². The molecule has 2 aromatic rings. The van der Waals surface area contributed by atoms with Gasteiger partial charge in [-0.25, -0.2) is 13.2 Å². The summed E-state index contributed by atoms with van der Waals surface area (Å²) in [7, 11) is 0. The molecule has 4 rings (SSSR count). The van der Waals surface area contributed by atoms with Gasteiger partial charge in [0.1, 0.15) is 17.5 Å². The van der Waals surface area contributed by atoms with Crippen LogP contribution in [0.5, 0.6) is 0 Å². The van der Waals surface area contributed by atoms with Crippen LogP contribution in [0.25, 0.3) is 0 Å². The van der Waals surface area contributed by atoms with Crippen LogP contribution >= 0.6 is 0 Å². The molecule has 184 valence electrons. The number of nitrogens with one attached hydrogen (secondary N) is 1. The van der Waals surface area contributed by atoms with E-state index < -0.39 is 17.7 Å². The standard InChI is InChI=1S/C25H29F3N2O4/c26-18-3-1-2-16(6-18)11-29-25(32)10-22-4-5-23-24(34-22)15-33-14-21(31)13-30(23)12-17-7-19(27)9-20(28)8-17/h1-3,6-9,21-24,31H,4-5,10-15H2,(H,29,32)/t21-,22+,23+,24-/m1/s1. The number of carbonyl (C=O) groups is 1. The second-order valence-corrected chi connectivity index (χ2v) is 8.95. The van der Waals surface area contributed by atoms with Crippen molar-refractivity contribution in [2.45, 2.75) is 56.7 Å². The number of fused-ring (bicyclic) bond motifs is 1. The van der Waals surface area contributed by atoms with Crippen LogP contribution in [0.2, 0.25) is 0 Å². The highest BCUT2D eigenvalue weighted by Crippen LogP contribution is 2.29. The number of rotatable bonds is 6. The van der Waals surface area contributed by atoms with Gasteiger partial charge in [0.05, 0.1) is 37.9 Å². The Labute approximate surface area is 196 Å². The Balaban J connectivity index is 1.36. The minimum atomic E-state index is -0.731. The normalized spacial score (nSPS) is 25.8. The van der Waals surface area contributed by atoms with Crippen molar-refractivity contribution in [3.63, 3.8) is 0 Å². The minimum Gasteiger partial charge on any atom is -0.389 e. The fourth-order valence-electron chi connectivity index (χ4n) is 4.69. The summed E-state index contributed by atoms with van der Waals surface area (Å²) in [5.41, 5.74) is 1.15. The third kappa shape index (κ3) is 6.79. The molecule has 0 aromatic heterocycles. The van der Waals surface area contributed by atoms with Gasteiger partial charge < -0.3 is 19.9 Å². The molecule has 0 spiro atoms. The van der Waals surface area contributed by atoms with E-state index in [-0.39, 0.29) is 69.2 Å². The largest absolute Gasteiger partial charge is 0.389 e. The van der Waals surface area contributed by atoms with Crippen LogP contribution in [0.3, 0.4) is 0 Å². The van der Waals surface area contributed by atoms with E-state index in [1.54, 1.807) is 12.1 Å². The number of benzene rings is 2. The Morgan fingerprint density at radius 3 is 2.56 bits per heavy atom. The summed E-state index contributed by atoms with van der Waals surface area (Å²) in [4.78, 5) is 14.4. The van der Waals surface area contributed by atoms with Crippen LogP contribution in [0.15, 0.2) is 42.5 Å². The van der Waals surface area contributed by atoms with E-state index in [4.69, 9.17) is 9.47 Å². The molecular weight excluding hydrogens is 449 g/mol. The predicted octanol–water partition coefficient (Wildman–Crippen LogP) is 2.92. The number of amides is 1. The van der Waals surface area contributed by atoms with Crippen LogP contribution in [0.1, 0.15) is 30.4 Å². The SMILES string of the molecule is O=C(C[C@@H]1CC[C@H]2[C@@H](COC[C@H](O)CN2Cc2cc(F)cc(F)c2)O1)NCc1cccc(F)c1. The van der Waals surface area contributed by atoms with Crippen molar-refractivity contribution in [2.24, 2.45) is 0 Å². The number of aliphatic hydroxyl groups is 1. The zero-order valence-electron chi connectivity index (χ0n) is 18.8. The van der Waals surface area contributed by atoms with Crippen molar-refractivity contribution >= 4 is 5.91 Å². The first-order valence-electron chi connectivity index (χ1n) is 11.5. The summed E-state index contributed by atoms with van der Waals surface area (Å²) < 4.78 is 52.5. The number of β-amino-alcohol motifs (C(OH)–C–C–N with tert-alkyl or cyclic N) is 1. The lowest BCUT2D eigenvalue weighted by atomic mass is 9.94. The van der Waals surface area contributed by atoms with Crippen molar-refractivity contribution < 1.29 is 32.5 Å². The molecule has 34 heavy (non-hydrogen) atoms. The molecule has 2 fully saturated rings. The van der Waals surface area contributed by atoms with Crippen molar-refractivity contribution in [1.29, 1.82) is 0 Å². The van der Waals surface area contributed by atoms with E-state index >= 15 is 0 Å². The lowest BCUT2D eigenvalue weighted by Gasteiger charge is -2.44.